The molecule has 2 rings (SSSR count). The van der Waals surface area contributed by atoms with Crippen molar-refractivity contribution in [3.63, 3.8) is 0 Å². The Morgan fingerprint density at radius 1 is 0.750 bits per heavy atom. The normalized spacial score (nSPS) is 10.7. The van der Waals surface area contributed by atoms with Crippen LogP contribution >= 0.6 is 15.9 Å². The summed E-state index contributed by atoms with van der Waals surface area (Å²) in [5, 5.41) is 0. The lowest BCUT2D eigenvalue weighted by Gasteiger charge is -2.10. The molecule has 0 aliphatic carbocycles. The molecule has 0 N–H and O–H groups in total. The van der Waals surface area contributed by atoms with E-state index < -0.39 is 34.8 Å². The molecule has 0 aromatic heterocycles. The molecule has 0 bridgehead atoms. The lowest BCUT2D eigenvalue weighted by atomic mass is 10.2. The zero-order valence-corrected chi connectivity index (χ0v) is 11.3. The number of hydrogen-bond donors (Lipinski definition) is 0. The largest absolute Gasteiger partial charge is 0.483 e. The molecular formula is C13H6BrF5O. The lowest BCUT2D eigenvalue weighted by Crippen LogP contribution is -2.07. The van der Waals surface area contributed by atoms with Gasteiger partial charge in [-0.2, -0.15) is 8.78 Å². The highest BCUT2D eigenvalue weighted by Gasteiger charge is 2.26. The summed E-state index contributed by atoms with van der Waals surface area (Å²) in [7, 11) is 0. The molecule has 0 radical (unpaired) electrons. The van der Waals surface area contributed by atoms with E-state index in [1.54, 1.807) is 24.3 Å². The maximum Gasteiger partial charge on any atom is 0.207 e. The van der Waals surface area contributed by atoms with E-state index in [1.807, 2.05) is 0 Å². The smallest absolute Gasteiger partial charge is 0.207 e. The molecule has 0 heterocycles. The zero-order valence-electron chi connectivity index (χ0n) is 9.69. The van der Waals surface area contributed by atoms with Gasteiger partial charge in [-0.1, -0.05) is 28.1 Å². The standard InChI is InChI=1S/C13H6BrF5O/c14-7-3-1-6(2-4-7)5-20-13-11(18)9(16)8(15)10(17)12(13)19/h1-4H,5H2. The molecule has 0 amide bonds. The lowest BCUT2D eigenvalue weighted by molar-refractivity contribution is 0.253. The molecule has 7 heteroatoms. The van der Waals surface area contributed by atoms with Gasteiger partial charge in [0.2, 0.25) is 29.1 Å². The Hall–Kier alpha value is -1.63. The van der Waals surface area contributed by atoms with Crippen molar-refractivity contribution in [3.8, 4) is 5.75 Å². The van der Waals surface area contributed by atoms with E-state index in [0.717, 1.165) is 4.47 Å². The van der Waals surface area contributed by atoms with Gasteiger partial charge in [-0.15, -0.1) is 0 Å². The van der Waals surface area contributed by atoms with Gasteiger partial charge >= 0.3 is 0 Å². The van der Waals surface area contributed by atoms with Crippen molar-refractivity contribution in [3.05, 3.63) is 63.4 Å². The number of ether oxygens (including phenoxy) is 1. The third-order valence-electron chi connectivity index (χ3n) is 2.47. The van der Waals surface area contributed by atoms with Crippen LogP contribution in [0.1, 0.15) is 5.56 Å². The van der Waals surface area contributed by atoms with E-state index in [4.69, 9.17) is 4.74 Å². The molecule has 0 atom stereocenters. The third kappa shape index (κ3) is 2.77. The average molecular weight is 353 g/mol. The summed E-state index contributed by atoms with van der Waals surface area (Å²) in [5.41, 5.74) is 0.511. The fourth-order valence-electron chi connectivity index (χ4n) is 1.45. The first kappa shape index (κ1) is 14.8. The average Bonchev–Trinajstić information content (AvgIpc) is 2.45. The predicted octanol–water partition coefficient (Wildman–Crippen LogP) is 4.72. The van der Waals surface area contributed by atoms with Gasteiger partial charge in [0.05, 0.1) is 0 Å². The Bertz CT molecular complexity index is 613. The van der Waals surface area contributed by atoms with E-state index in [9.17, 15) is 22.0 Å². The van der Waals surface area contributed by atoms with E-state index in [2.05, 4.69) is 15.9 Å². The summed E-state index contributed by atoms with van der Waals surface area (Å²) in [6, 6.07) is 6.46. The first-order chi connectivity index (χ1) is 9.41. The summed E-state index contributed by atoms with van der Waals surface area (Å²) < 4.78 is 70.8. The molecule has 0 aliphatic heterocycles. The van der Waals surface area contributed by atoms with Gasteiger partial charge in [0, 0.05) is 4.47 Å². The summed E-state index contributed by atoms with van der Waals surface area (Å²) in [5.74, 6) is -11.5. The van der Waals surface area contributed by atoms with Gasteiger partial charge in [0.1, 0.15) is 6.61 Å². The quantitative estimate of drug-likeness (QED) is 0.441. The van der Waals surface area contributed by atoms with Gasteiger partial charge in [0.25, 0.3) is 0 Å². The highest BCUT2D eigenvalue weighted by atomic mass is 79.9. The van der Waals surface area contributed by atoms with Gasteiger partial charge in [-0.25, -0.2) is 13.2 Å². The fourth-order valence-corrected chi connectivity index (χ4v) is 1.71. The highest BCUT2D eigenvalue weighted by molar-refractivity contribution is 9.10. The first-order valence-corrected chi connectivity index (χ1v) is 6.09. The van der Waals surface area contributed by atoms with Crippen LogP contribution in [0.25, 0.3) is 0 Å². The van der Waals surface area contributed by atoms with Crippen molar-refractivity contribution < 1.29 is 26.7 Å². The second-order valence-corrected chi connectivity index (χ2v) is 4.73. The van der Waals surface area contributed by atoms with Crippen molar-refractivity contribution in [1.29, 1.82) is 0 Å². The van der Waals surface area contributed by atoms with Gasteiger partial charge in [0.15, 0.2) is 5.75 Å². The summed E-state index contributed by atoms with van der Waals surface area (Å²) in [6.07, 6.45) is 0. The predicted molar refractivity (Wildman–Crippen MR) is 64.7 cm³/mol. The van der Waals surface area contributed by atoms with Crippen LogP contribution in [-0.4, -0.2) is 0 Å². The highest BCUT2D eigenvalue weighted by Crippen LogP contribution is 2.29. The van der Waals surface area contributed by atoms with Gasteiger partial charge in [-0.3, -0.25) is 0 Å². The van der Waals surface area contributed by atoms with Crippen LogP contribution in [0.15, 0.2) is 28.7 Å². The Labute approximate surface area is 119 Å². The molecule has 106 valence electrons. The number of hydrogen-bond acceptors (Lipinski definition) is 1. The molecule has 0 aliphatic rings. The molecule has 0 spiro atoms. The third-order valence-corrected chi connectivity index (χ3v) is 2.99. The number of rotatable bonds is 3. The molecular weight excluding hydrogens is 347 g/mol. The molecule has 0 fully saturated rings. The minimum absolute atomic E-state index is 0.328. The Balaban J connectivity index is 2.28. The van der Waals surface area contributed by atoms with Crippen molar-refractivity contribution in [2.45, 2.75) is 6.61 Å². The number of benzene rings is 2. The Kier molecular flexibility index (Phi) is 4.27. The van der Waals surface area contributed by atoms with Crippen molar-refractivity contribution >= 4 is 15.9 Å². The van der Waals surface area contributed by atoms with E-state index in [1.165, 1.54) is 0 Å². The number of halogens is 6. The van der Waals surface area contributed by atoms with Crippen molar-refractivity contribution in [2.24, 2.45) is 0 Å². The maximum atomic E-state index is 13.3. The zero-order chi connectivity index (χ0) is 14.9. The fraction of sp³-hybridized carbons (Fsp3) is 0.0769. The molecule has 2 aromatic rings. The Morgan fingerprint density at radius 2 is 1.20 bits per heavy atom. The van der Waals surface area contributed by atoms with Crippen LogP contribution in [-0.2, 0) is 6.61 Å². The summed E-state index contributed by atoms with van der Waals surface area (Å²) >= 11 is 3.19. The van der Waals surface area contributed by atoms with Crippen LogP contribution in [0.2, 0.25) is 0 Å². The summed E-state index contributed by atoms with van der Waals surface area (Å²) in [6.45, 7) is -0.328. The SMILES string of the molecule is Fc1c(F)c(F)c(OCc2ccc(Br)cc2)c(F)c1F. The van der Waals surface area contributed by atoms with Gasteiger partial charge in [-0.05, 0) is 17.7 Å². The van der Waals surface area contributed by atoms with E-state index in [0.29, 0.717) is 5.56 Å². The molecule has 0 unspecified atom stereocenters. The topological polar surface area (TPSA) is 9.23 Å². The van der Waals surface area contributed by atoms with Crippen LogP contribution in [0, 0.1) is 29.1 Å². The van der Waals surface area contributed by atoms with Crippen LogP contribution < -0.4 is 4.74 Å². The minimum Gasteiger partial charge on any atom is -0.483 e. The van der Waals surface area contributed by atoms with Crippen LogP contribution in [0.5, 0.6) is 5.75 Å². The second-order valence-electron chi connectivity index (χ2n) is 3.81. The van der Waals surface area contributed by atoms with Crippen molar-refractivity contribution in [1.82, 2.24) is 0 Å². The minimum atomic E-state index is -2.21. The van der Waals surface area contributed by atoms with Gasteiger partial charge < -0.3 is 4.74 Å². The monoisotopic (exact) mass is 352 g/mol. The second kappa shape index (κ2) is 5.78. The molecule has 2 aromatic carbocycles. The molecule has 0 saturated carbocycles. The van der Waals surface area contributed by atoms with Crippen molar-refractivity contribution in [2.75, 3.05) is 0 Å². The maximum absolute atomic E-state index is 13.3. The van der Waals surface area contributed by atoms with E-state index in [-0.39, 0.29) is 6.61 Å². The molecule has 0 saturated heterocycles. The van der Waals surface area contributed by atoms with E-state index >= 15 is 0 Å². The molecule has 1 nitrogen and oxygen atoms in total. The van der Waals surface area contributed by atoms with Crippen LogP contribution in [0.3, 0.4) is 0 Å². The Morgan fingerprint density at radius 3 is 1.70 bits per heavy atom. The summed E-state index contributed by atoms with van der Waals surface area (Å²) in [4.78, 5) is 0. The van der Waals surface area contributed by atoms with Crippen LogP contribution in [0.4, 0.5) is 22.0 Å². The molecule has 20 heavy (non-hydrogen) atoms. The first-order valence-electron chi connectivity index (χ1n) is 5.30.